The normalized spacial score (nSPS) is 12.0. The summed E-state index contributed by atoms with van der Waals surface area (Å²) in [6.45, 7) is 2.60. The minimum atomic E-state index is -0.0728. The zero-order valence-corrected chi connectivity index (χ0v) is 18.0. The van der Waals surface area contributed by atoms with Crippen LogP contribution in [0.25, 0.3) is 10.9 Å². The lowest BCUT2D eigenvalue weighted by Crippen LogP contribution is -2.30. The van der Waals surface area contributed by atoms with Crippen LogP contribution in [0.2, 0.25) is 0 Å². The predicted octanol–water partition coefficient (Wildman–Crippen LogP) is 4.58. The number of benzene rings is 2. The van der Waals surface area contributed by atoms with Gasteiger partial charge >= 0.3 is 0 Å². The van der Waals surface area contributed by atoms with Crippen molar-refractivity contribution in [1.29, 1.82) is 0 Å². The molecule has 0 fully saturated rings. The Bertz CT molecular complexity index is 954. The first kappa shape index (κ1) is 21.1. The van der Waals surface area contributed by atoms with Gasteiger partial charge in [0.2, 0.25) is 5.91 Å². The maximum absolute atomic E-state index is 12.4. The van der Waals surface area contributed by atoms with Crippen molar-refractivity contribution < 1.29 is 14.3 Å². The van der Waals surface area contributed by atoms with E-state index in [2.05, 4.69) is 29.4 Å². The first-order valence-electron chi connectivity index (χ1n) is 9.80. The lowest BCUT2D eigenvalue weighted by molar-refractivity contribution is -0.118. The van der Waals surface area contributed by atoms with E-state index in [1.54, 1.807) is 26.0 Å². The number of nitrogens with one attached hydrogen (secondary N) is 2. The number of carbonyl (C=O) groups excluding carboxylic acids is 1. The van der Waals surface area contributed by atoms with E-state index in [1.807, 2.05) is 36.5 Å². The molecule has 0 spiro atoms. The van der Waals surface area contributed by atoms with Crippen molar-refractivity contribution in [2.45, 2.75) is 19.3 Å². The fraction of sp³-hybridized carbons (Fsp3) is 0.348. The van der Waals surface area contributed by atoms with Gasteiger partial charge in [-0.2, -0.15) is 11.8 Å². The third-order valence-electron chi connectivity index (χ3n) is 4.89. The van der Waals surface area contributed by atoms with Crippen molar-refractivity contribution in [2.24, 2.45) is 0 Å². The smallest absolute Gasteiger partial charge is 0.230 e. The molecule has 5 nitrogen and oxygen atoms in total. The molecule has 3 rings (SSSR count). The lowest BCUT2D eigenvalue weighted by Gasteiger charge is -2.22. The Morgan fingerprint density at radius 3 is 2.69 bits per heavy atom. The van der Waals surface area contributed by atoms with E-state index in [4.69, 9.17) is 9.47 Å². The number of rotatable bonds is 10. The zero-order chi connectivity index (χ0) is 20.6. The summed E-state index contributed by atoms with van der Waals surface area (Å²) in [6.07, 6.45) is 3.09. The molecule has 1 amide bonds. The number of hydrogen-bond donors (Lipinski definition) is 2. The monoisotopic (exact) mass is 412 g/mol. The summed E-state index contributed by atoms with van der Waals surface area (Å²) in [4.78, 5) is 15.7. The zero-order valence-electron chi connectivity index (χ0n) is 17.2. The Morgan fingerprint density at radius 1 is 1.10 bits per heavy atom. The van der Waals surface area contributed by atoms with Gasteiger partial charge in [-0.05, 0) is 29.9 Å². The lowest BCUT2D eigenvalue weighted by atomic mass is 9.90. The van der Waals surface area contributed by atoms with Crippen LogP contribution in [0.1, 0.15) is 30.4 Å². The van der Waals surface area contributed by atoms with Gasteiger partial charge < -0.3 is 19.8 Å². The molecule has 3 aromatic rings. The maximum Gasteiger partial charge on any atom is 0.230 e. The highest BCUT2D eigenvalue weighted by atomic mass is 32.2. The fourth-order valence-electron chi connectivity index (χ4n) is 3.53. The number of thioether (sulfide) groups is 1. The van der Waals surface area contributed by atoms with Gasteiger partial charge in [-0.1, -0.05) is 37.3 Å². The first-order chi connectivity index (χ1) is 14.2. The van der Waals surface area contributed by atoms with Gasteiger partial charge in [-0.15, -0.1) is 0 Å². The highest BCUT2D eigenvalue weighted by Gasteiger charge is 2.24. The molecule has 1 atom stereocenters. The molecule has 0 aliphatic heterocycles. The van der Waals surface area contributed by atoms with Crippen molar-refractivity contribution in [1.82, 2.24) is 10.3 Å². The highest BCUT2D eigenvalue weighted by Crippen LogP contribution is 2.40. The largest absolute Gasteiger partial charge is 0.493 e. The van der Waals surface area contributed by atoms with Crippen LogP contribution in [-0.4, -0.2) is 43.2 Å². The molecule has 1 unspecified atom stereocenters. The van der Waals surface area contributed by atoms with E-state index in [9.17, 15) is 4.79 Å². The molecule has 0 radical (unpaired) electrons. The van der Waals surface area contributed by atoms with Crippen molar-refractivity contribution in [2.75, 3.05) is 32.3 Å². The van der Waals surface area contributed by atoms with E-state index in [0.29, 0.717) is 23.8 Å². The second-order valence-corrected chi connectivity index (χ2v) is 7.89. The van der Waals surface area contributed by atoms with Crippen LogP contribution in [-0.2, 0) is 4.79 Å². The molecule has 6 heteroatoms. The van der Waals surface area contributed by atoms with E-state index < -0.39 is 0 Å². The Hall–Kier alpha value is -2.60. The molecule has 0 aliphatic rings. The molecule has 0 saturated heterocycles. The maximum atomic E-state index is 12.4. The number of hydrogen-bond acceptors (Lipinski definition) is 4. The SMILES string of the molecule is CCCSCC(=O)NCC(c1cccc(OC)c1OC)c1c[nH]c2ccccc12. The molecule has 154 valence electrons. The quantitative estimate of drug-likeness (QED) is 0.479. The number of fused-ring (bicyclic) bond motifs is 1. The molecule has 1 heterocycles. The van der Waals surface area contributed by atoms with Gasteiger partial charge in [0.1, 0.15) is 0 Å². The summed E-state index contributed by atoms with van der Waals surface area (Å²) in [7, 11) is 3.28. The van der Waals surface area contributed by atoms with Gasteiger partial charge in [0.15, 0.2) is 11.5 Å². The van der Waals surface area contributed by atoms with Gasteiger partial charge in [-0.3, -0.25) is 4.79 Å². The van der Waals surface area contributed by atoms with Crippen LogP contribution in [0.15, 0.2) is 48.7 Å². The standard InChI is InChI=1S/C23H28N2O3S/c1-4-12-29-15-22(26)25-14-19(17-9-7-11-21(27-2)23(17)28-3)18-13-24-20-10-6-5-8-16(18)20/h5-11,13,19,24H,4,12,14-15H2,1-3H3,(H,25,26). The van der Waals surface area contributed by atoms with Crippen LogP contribution in [0.4, 0.5) is 0 Å². The number of ether oxygens (including phenoxy) is 2. The Balaban J connectivity index is 1.96. The second kappa shape index (κ2) is 10.3. The number of aromatic amines is 1. The molecule has 0 saturated carbocycles. The van der Waals surface area contributed by atoms with Gasteiger partial charge in [-0.25, -0.2) is 0 Å². The third-order valence-corrected chi connectivity index (χ3v) is 6.05. The average molecular weight is 413 g/mol. The molecule has 29 heavy (non-hydrogen) atoms. The minimum Gasteiger partial charge on any atom is -0.493 e. The number of methoxy groups -OCH3 is 2. The van der Waals surface area contributed by atoms with Crippen molar-refractivity contribution >= 4 is 28.6 Å². The van der Waals surface area contributed by atoms with E-state index in [1.165, 1.54) is 0 Å². The predicted molar refractivity (Wildman–Crippen MR) is 120 cm³/mol. The Morgan fingerprint density at radius 2 is 1.93 bits per heavy atom. The summed E-state index contributed by atoms with van der Waals surface area (Å²) in [6, 6.07) is 14.1. The highest BCUT2D eigenvalue weighted by molar-refractivity contribution is 7.99. The van der Waals surface area contributed by atoms with Crippen molar-refractivity contribution in [3.63, 3.8) is 0 Å². The molecule has 2 aromatic carbocycles. The van der Waals surface area contributed by atoms with Gasteiger partial charge in [0.25, 0.3) is 0 Å². The third kappa shape index (κ3) is 4.88. The number of aromatic nitrogens is 1. The number of carbonyl (C=O) groups is 1. The van der Waals surface area contributed by atoms with Crippen LogP contribution in [0, 0.1) is 0 Å². The number of amides is 1. The van der Waals surface area contributed by atoms with Crippen LogP contribution >= 0.6 is 11.8 Å². The van der Waals surface area contributed by atoms with Crippen LogP contribution in [0.5, 0.6) is 11.5 Å². The minimum absolute atomic E-state index is 0.0511. The van der Waals surface area contributed by atoms with E-state index in [0.717, 1.165) is 34.2 Å². The summed E-state index contributed by atoms with van der Waals surface area (Å²) >= 11 is 1.66. The van der Waals surface area contributed by atoms with Crippen molar-refractivity contribution in [3.8, 4) is 11.5 Å². The van der Waals surface area contributed by atoms with Gasteiger partial charge in [0, 0.05) is 35.1 Å². The van der Waals surface area contributed by atoms with Crippen LogP contribution < -0.4 is 14.8 Å². The topological polar surface area (TPSA) is 63.4 Å². The molecular formula is C23H28N2O3S. The van der Waals surface area contributed by atoms with Crippen molar-refractivity contribution in [3.05, 3.63) is 59.8 Å². The fourth-order valence-corrected chi connectivity index (χ4v) is 4.25. The molecule has 0 aliphatic carbocycles. The average Bonchev–Trinajstić information content (AvgIpc) is 3.18. The summed E-state index contributed by atoms with van der Waals surface area (Å²) in [5, 5.41) is 4.25. The number of para-hydroxylation sites is 2. The first-order valence-corrected chi connectivity index (χ1v) is 11.0. The summed E-state index contributed by atoms with van der Waals surface area (Å²) < 4.78 is 11.2. The molecule has 2 N–H and O–H groups in total. The van der Waals surface area contributed by atoms with Gasteiger partial charge in [0.05, 0.1) is 20.0 Å². The summed E-state index contributed by atoms with van der Waals surface area (Å²) in [5.74, 6) is 2.82. The molecule has 0 bridgehead atoms. The Kier molecular flexibility index (Phi) is 7.47. The molecule has 1 aromatic heterocycles. The number of H-pyrrole nitrogens is 1. The Labute approximate surface area is 176 Å². The van der Waals surface area contributed by atoms with E-state index >= 15 is 0 Å². The second-order valence-electron chi connectivity index (χ2n) is 6.78. The summed E-state index contributed by atoms with van der Waals surface area (Å²) in [5.41, 5.74) is 3.17. The molecular weight excluding hydrogens is 384 g/mol. The van der Waals surface area contributed by atoms with E-state index in [-0.39, 0.29) is 11.8 Å². The van der Waals surface area contributed by atoms with Crippen LogP contribution in [0.3, 0.4) is 0 Å².